The van der Waals surface area contributed by atoms with Crippen molar-refractivity contribution in [2.75, 3.05) is 31.1 Å². The Morgan fingerprint density at radius 1 is 1.16 bits per heavy atom. The fourth-order valence-electron chi connectivity index (χ4n) is 4.13. The average Bonchev–Trinajstić information content (AvgIpc) is 2.56. The van der Waals surface area contributed by atoms with Gasteiger partial charge < -0.3 is 10.2 Å². The molecule has 2 saturated heterocycles. The maximum Gasteiger partial charge on any atom is 0.293 e. The van der Waals surface area contributed by atoms with Crippen molar-refractivity contribution in [2.45, 2.75) is 13.8 Å². The molecule has 25 heavy (non-hydrogen) atoms. The van der Waals surface area contributed by atoms with E-state index in [4.69, 9.17) is 5.26 Å². The number of piperidine rings is 2. The number of nitrogens with two attached hydrogens (primary N) is 1. The molecular formula is C17H18N5O3+. The zero-order valence-corrected chi connectivity index (χ0v) is 14.1. The molecule has 1 aromatic rings. The summed E-state index contributed by atoms with van der Waals surface area (Å²) in [4.78, 5) is 25.6. The van der Waals surface area contributed by atoms with E-state index in [2.05, 4.69) is 5.32 Å². The highest BCUT2D eigenvalue weighted by Gasteiger charge is 2.56. The summed E-state index contributed by atoms with van der Waals surface area (Å²) in [5.74, 6) is 0.190. The van der Waals surface area contributed by atoms with Crippen LogP contribution in [0.2, 0.25) is 0 Å². The van der Waals surface area contributed by atoms with Gasteiger partial charge in [0.1, 0.15) is 17.8 Å². The van der Waals surface area contributed by atoms with Gasteiger partial charge >= 0.3 is 0 Å². The van der Waals surface area contributed by atoms with Crippen LogP contribution in [0.1, 0.15) is 25.0 Å². The van der Waals surface area contributed by atoms with Crippen LogP contribution in [-0.2, 0) is 4.79 Å². The van der Waals surface area contributed by atoms with Gasteiger partial charge in [-0.15, -0.1) is 0 Å². The van der Waals surface area contributed by atoms with Gasteiger partial charge in [0.2, 0.25) is 0 Å². The molecule has 2 aliphatic rings. The molecule has 2 fully saturated rings. The first kappa shape index (κ1) is 16.9. The van der Waals surface area contributed by atoms with Gasteiger partial charge in [0.15, 0.2) is 5.78 Å². The fourth-order valence-corrected chi connectivity index (χ4v) is 4.13. The molecule has 0 aliphatic carbocycles. The maximum absolute atomic E-state index is 12.8. The molecule has 0 saturated carbocycles. The minimum Gasteiger partial charge on any atom is -0.363 e. The van der Waals surface area contributed by atoms with Gasteiger partial charge in [0, 0.05) is 19.2 Å². The second-order valence-electron chi connectivity index (χ2n) is 7.37. The van der Waals surface area contributed by atoms with Crippen molar-refractivity contribution in [2.24, 2.45) is 10.8 Å². The molecule has 1 aromatic carbocycles. The third kappa shape index (κ3) is 2.51. The average molecular weight is 340 g/mol. The molecule has 8 heteroatoms. The molecule has 128 valence electrons. The molecule has 2 atom stereocenters. The number of carbonyl (C=O) groups is 1. The Hall–Kier alpha value is -2.97. The van der Waals surface area contributed by atoms with E-state index in [0.717, 1.165) is 6.07 Å². The van der Waals surface area contributed by atoms with E-state index in [1.807, 2.05) is 30.9 Å². The lowest BCUT2D eigenvalue weighted by atomic mass is 9.65. The minimum atomic E-state index is -0.597. The number of rotatable bonds is 2. The number of quaternary nitrogens is 1. The Morgan fingerprint density at radius 3 is 2.16 bits per heavy atom. The Balaban J connectivity index is 2.14. The van der Waals surface area contributed by atoms with E-state index >= 15 is 0 Å². The first-order valence-electron chi connectivity index (χ1n) is 7.98. The van der Waals surface area contributed by atoms with Crippen LogP contribution in [0.25, 0.3) is 0 Å². The molecule has 0 unspecified atom stereocenters. The number of nitro groups is 1. The fraction of sp³-hybridized carbons (Fsp3) is 0.471. The molecule has 2 heterocycles. The monoisotopic (exact) mass is 340 g/mol. The molecule has 2 N–H and O–H groups in total. The van der Waals surface area contributed by atoms with Crippen molar-refractivity contribution in [1.82, 2.24) is 0 Å². The van der Waals surface area contributed by atoms with Gasteiger partial charge in [-0.25, -0.2) is 0 Å². The number of benzene rings is 1. The molecule has 0 amide bonds. The minimum absolute atomic E-state index is 0.0167. The Bertz CT molecular complexity index is 846. The number of hydrogen-bond donors (Lipinski definition) is 1. The van der Waals surface area contributed by atoms with Gasteiger partial charge in [-0.3, -0.25) is 14.9 Å². The Morgan fingerprint density at radius 2 is 1.68 bits per heavy atom. The molecular weight excluding hydrogens is 322 g/mol. The summed E-state index contributed by atoms with van der Waals surface area (Å²) in [5.41, 5.74) is -1.02. The number of carbonyl (C=O) groups excluding carboxylic acids is 1. The Kier molecular flexibility index (Phi) is 3.74. The maximum atomic E-state index is 12.8. The topological polar surface area (TPSA) is 128 Å². The standard InChI is InChI=1S/C17H17N5O3/c1-16-7-20-8-17(2,15(16)23)10-21(9-16)13-3-11(5-18)12(6-19)4-14(13)22(24)25/h3-4,20H,7-10H2,1-2H3/p+1/t16-,17-/m0/s1. The summed E-state index contributed by atoms with van der Waals surface area (Å²) in [6, 6.07) is 6.31. The van der Waals surface area contributed by atoms with E-state index in [9.17, 15) is 20.2 Å². The number of hydrogen-bond acceptors (Lipinski definition) is 6. The van der Waals surface area contributed by atoms with Crippen LogP contribution >= 0.6 is 0 Å². The number of nitriles is 2. The number of fused-ring (bicyclic) bond motifs is 2. The first-order chi connectivity index (χ1) is 11.7. The van der Waals surface area contributed by atoms with E-state index in [0.29, 0.717) is 31.9 Å². The van der Waals surface area contributed by atoms with Crippen LogP contribution in [-0.4, -0.2) is 36.9 Å². The van der Waals surface area contributed by atoms with Crippen molar-refractivity contribution >= 4 is 17.2 Å². The highest BCUT2D eigenvalue weighted by molar-refractivity contribution is 5.93. The van der Waals surface area contributed by atoms with Crippen LogP contribution in [0.3, 0.4) is 0 Å². The van der Waals surface area contributed by atoms with Crippen LogP contribution in [0.5, 0.6) is 0 Å². The van der Waals surface area contributed by atoms with E-state index in [1.54, 1.807) is 0 Å². The highest BCUT2D eigenvalue weighted by Crippen LogP contribution is 2.42. The van der Waals surface area contributed by atoms with Gasteiger partial charge in [0.25, 0.3) is 5.69 Å². The summed E-state index contributed by atoms with van der Waals surface area (Å²) in [7, 11) is 0. The predicted molar refractivity (Wildman–Crippen MR) is 87.6 cm³/mol. The van der Waals surface area contributed by atoms with Gasteiger partial charge in [-0.2, -0.15) is 10.5 Å². The van der Waals surface area contributed by atoms with E-state index < -0.39 is 15.8 Å². The van der Waals surface area contributed by atoms with Crippen molar-refractivity contribution in [3.05, 3.63) is 33.4 Å². The van der Waals surface area contributed by atoms with Crippen LogP contribution < -0.4 is 10.2 Å². The van der Waals surface area contributed by atoms with Gasteiger partial charge in [-0.05, 0) is 19.9 Å². The zero-order chi connectivity index (χ0) is 18.4. The van der Waals surface area contributed by atoms with E-state index in [1.165, 1.54) is 6.07 Å². The number of ketones is 1. The number of anilines is 1. The predicted octanol–water partition coefficient (Wildman–Crippen LogP) is 0.317. The lowest BCUT2D eigenvalue weighted by Crippen LogP contribution is -2.96. The highest BCUT2D eigenvalue weighted by atomic mass is 16.6. The van der Waals surface area contributed by atoms with E-state index in [-0.39, 0.29) is 22.6 Å². The Labute approximate surface area is 144 Å². The quantitative estimate of drug-likeness (QED) is 0.610. The molecule has 2 bridgehead atoms. The summed E-state index contributed by atoms with van der Waals surface area (Å²) in [6.45, 7) is 5.75. The molecule has 0 aromatic heterocycles. The van der Waals surface area contributed by atoms with Gasteiger partial charge in [-0.1, -0.05) is 0 Å². The number of nitrogens with zero attached hydrogens (tertiary/aromatic N) is 4. The second-order valence-corrected chi connectivity index (χ2v) is 7.37. The normalized spacial score (nSPS) is 28.2. The summed E-state index contributed by atoms with van der Waals surface area (Å²) in [6.07, 6.45) is 0. The summed E-state index contributed by atoms with van der Waals surface area (Å²) < 4.78 is 0. The van der Waals surface area contributed by atoms with Crippen LogP contribution in [0.4, 0.5) is 11.4 Å². The molecule has 3 rings (SSSR count). The third-order valence-electron chi connectivity index (χ3n) is 5.26. The molecule has 0 radical (unpaired) electrons. The third-order valence-corrected chi connectivity index (χ3v) is 5.26. The lowest BCUT2D eigenvalue weighted by molar-refractivity contribution is -0.679. The second kappa shape index (κ2) is 5.54. The van der Waals surface area contributed by atoms with Gasteiger partial charge in [0.05, 0.1) is 40.0 Å². The van der Waals surface area contributed by atoms with Crippen molar-refractivity contribution in [3.63, 3.8) is 0 Å². The first-order valence-corrected chi connectivity index (χ1v) is 7.98. The SMILES string of the molecule is C[C@]12C[NH2+]C[C@@](C)(CN(c3cc(C#N)c(C#N)cc3[N+](=O)[O-])C1)C2=O. The zero-order valence-electron chi connectivity index (χ0n) is 14.1. The lowest BCUT2D eigenvalue weighted by Gasteiger charge is -2.50. The van der Waals surface area contributed by atoms with Crippen LogP contribution in [0.15, 0.2) is 12.1 Å². The van der Waals surface area contributed by atoms with Crippen molar-refractivity contribution in [3.8, 4) is 12.1 Å². The molecule has 2 aliphatic heterocycles. The largest absolute Gasteiger partial charge is 0.363 e. The summed E-state index contributed by atoms with van der Waals surface area (Å²) >= 11 is 0. The number of nitro benzene ring substituents is 1. The van der Waals surface area contributed by atoms with Crippen LogP contribution in [0, 0.1) is 43.6 Å². The number of Topliss-reactive ketones (excluding diaryl/α,β-unsaturated/α-hetero) is 1. The van der Waals surface area contributed by atoms with Crippen molar-refractivity contribution < 1.29 is 15.0 Å². The molecule has 8 nitrogen and oxygen atoms in total. The van der Waals surface area contributed by atoms with Crippen molar-refractivity contribution in [1.29, 1.82) is 10.5 Å². The summed E-state index contributed by atoms with van der Waals surface area (Å²) in [5, 5.41) is 32.0. The smallest absolute Gasteiger partial charge is 0.293 e. The molecule has 0 spiro atoms.